The molecule has 1 heterocycles. The van der Waals surface area contributed by atoms with Crippen LogP contribution < -0.4 is 14.4 Å². The molecule has 0 aliphatic carbocycles. The van der Waals surface area contributed by atoms with E-state index in [0.717, 1.165) is 32.7 Å². The van der Waals surface area contributed by atoms with Gasteiger partial charge in [0.25, 0.3) is 10.0 Å². The van der Waals surface area contributed by atoms with Crippen LogP contribution in [0.5, 0.6) is 5.75 Å². The number of hydrogen-bond acceptors (Lipinski definition) is 4. The van der Waals surface area contributed by atoms with Gasteiger partial charge < -0.3 is 14.6 Å². The Balaban J connectivity index is 1.45. The molecule has 5 aromatic rings. The first-order chi connectivity index (χ1) is 18.4. The quantitative estimate of drug-likeness (QED) is 0.253. The van der Waals surface area contributed by atoms with Crippen molar-refractivity contribution in [3.8, 4) is 5.75 Å². The number of aromatic nitrogens is 1. The Morgan fingerprint density at radius 2 is 1.53 bits per heavy atom. The van der Waals surface area contributed by atoms with E-state index in [-0.39, 0.29) is 11.4 Å². The van der Waals surface area contributed by atoms with Gasteiger partial charge in [0.1, 0.15) is 12.3 Å². The van der Waals surface area contributed by atoms with Gasteiger partial charge >= 0.3 is 0 Å². The number of benzene rings is 4. The Morgan fingerprint density at radius 3 is 2.24 bits per heavy atom. The molecule has 0 unspecified atom stereocenters. The summed E-state index contributed by atoms with van der Waals surface area (Å²) in [7, 11) is -4.02. The lowest BCUT2D eigenvalue weighted by atomic mass is 10.1. The average molecular weight is 528 g/mol. The fraction of sp³-hybridized carbons (Fsp3) is 0.167. The van der Waals surface area contributed by atoms with Crippen LogP contribution >= 0.6 is 0 Å². The molecule has 0 atom stereocenters. The van der Waals surface area contributed by atoms with Gasteiger partial charge in [0.05, 0.1) is 17.2 Å². The molecule has 0 spiro atoms. The third kappa shape index (κ3) is 4.82. The molecular weight excluding hydrogens is 498 g/mol. The lowest BCUT2D eigenvalue weighted by Crippen LogP contribution is -2.38. The maximum atomic E-state index is 13.6. The first-order valence-corrected chi connectivity index (χ1v) is 14.0. The SMILES string of the molecule is CCOc1ccc(S(=O)(=O)N(CC(=O)Nc2ccc3c(c2)c2ccccc2n3CC)c2ccccc2)cc1. The largest absolute Gasteiger partial charge is 0.494 e. The van der Waals surface area contributed by atoms with Crippen LogP contribution in [0.3, 0.4) is 0 Å². The Labute approximate surface area is 222 Å². The van der Waals surface area contributed by atoms with Gasteiger partial charge in [0.15, 0.2) is 0 Å². The van der Waals surface area contributed by atoms with E-state index in [1.807, 2.05) is 37.3 Å². The van der Waals surface area contributed by atoms with E-state index in [1.165, 1.54) is 12.1 Å². The van der Waals surface area contributed by atoms with Crippen molar-refractivity contribution in [3.63, 3.8) is 0 Å². The van der Waals surface area contributed by atoms with E-state index in [0.29, 0.717) is 23.7 Å². The number of fused-ring (bicyclic) bond motifs is 3. The highest BCUT2D eigenvalue weighted by atomic mass is 32.2. The standard InChI is InChI=1S/C30H29N3O4S/c1-3-32-28-13-9-8-12-26(28)27-20-22(14-19-29(27)32)31-30(34)21-33(23-10-6-5-7-11-23)38(35,36)25-17-15-24(16-18-25)37-4-2/h5-20H,3-4,21H2,1-2H3,(H,31,34). The van der Waals surface area contributed by atoms with Crippen LogP contribution in [-0.4, -0.2) is 32.0 Å². The number of carbonyl (C=O) groups is 1. The van der Waals surface area contributed by atoms with Crippen LogP contribution in [0.15, 0.2) is 102 Å². The van der Waals surface area contributed by atoms with Crippen molar-refractivity contribution < 1.29 is 17.9 Å². The van der Waals surface area contributed by atoms with E-state index >= 15 is 0 Å². The topological polar surface area (TPSA) is 80.6 Å². The highest BCUT2D eigenvalue weighted by molar-refractivity contribution is 7.92. The second-order valence-corrected chi connectivity index (χ2v) is 10.7. The van der Waals surface area contributed by atoms with E-state index in [9.17, 15) is 13.2 Å². The summed E-state index contributed by atoms with van der Waals surface area (Å²) in [6, 6.07) is 28.8. The molecule has 0 saturated carbocycles. The van der Waals surface area contributed by atoms with Gasteiger partial charge in [-0.2, -0.15) is 0 Å². The van der Waals surface area contributed by atoms with Crippen LogP contribution in [0.2, 0.25) is 0 Å². The number of carbonyl (C=O) groups excluding carboxylic acids is 1. The van der Waals surface area contributed by atoms with E-state index in [1.54, 1.807) is 42.5 Å². The lowest BCUT2D eigenvalue weighted by molar-refractivity contribution is -0.114. The summed E-state index contributed by atoms with van der Waals surface area (Å²) < 4.78 is 36.1. The molecule has 7 nitrogen and oxygen atoms in total. The lowest BCUT2D eigenvalue weighted by Gasteiger charge is -2.24. The Hall–Kier alpha value is -4.30. The minimum atomic E-state index is -4.02. The highest BCUT2D eigenvalue weighted by Gasteiger charge is 2.27. The van der Waals surface area contributed by atoms with Gasteiger partial charge in [-0.1, -0.05) is 36.4 Å². The number of ether oxygens (including phenoxy) is 1. The van der Waals surface area contributed by atoms with Gasteiger partial charge in [0, 0.05) is 34.0 Å². The van der Waals surface area contributed by atoms with E-state index in [2.05, 4.69) is 28.9 Å². The first-order valence-electron chi connectivity index (χ1n) is 12.5. The minimum absolute atomic E-state index is 0.0754. The molecule has 38 heavy (non-hydrogen) atoms. The van der Waals surface area contributed by atoms with Crippen molar-refractivity contribution >= 4 is 49.1 Å². The number of hydrogen-bond donors (Lipinski definition) is 1. The predicted molar refractivity (Wildman–Crippen MR) is 152 cm³/mol. The molecule has 8 heteroatoms. The minimum Gasteiger partial charge on any atom is -0.494 e. The molecule has 0 radical (unpaired) electrons. The number of aryl methyl sites for hydroxylation is 1. The fourth-order valence-corrected chi connectivity index (χ4v) is 6.14. The summed E-state index contributed by atoms with van der Waals surface area (Å²) >= 11 is 0. The van der Waals surface area contributed by atoms with Gasteiger partial charge in [-0.05, 0) is 74.5 Å². The van der Waals surface area contributed by atoms with Gasteiger partial charge in [-0.15, -0.1) is 0 Å². The molecule has 1 amide bonds. The number of sulfonamides is 1. The zero-order valence-corrected chi connectivity index (χ0v) is 22.1. The molecule has 4 aromatic carbocycles. The van der Waals surface area contributed by atoms with Crippen LogP contribution in [0, 0.1) is 0 Å². The molecule has 1 N–H and O–H groups in total. The fourth-order valence-electron chi connectivity index (χ4n) is 4.71. The highest BCUT2D eigenvalue weighted by Crippen LogP contribution is 2.31. The van der Waals surface area contributed by atoms with E-state index < -0.39 is 15.9 Å². The third-order valence-corrected chi connectivity index (χ3v) is 8.21. The first kappa shape index (κ1) is 25.4. The normalized spacial score (nSPS) is 11.5. The molecule has 0 fully saturated rings. The molecule has 0 saturated heterocycles. The van der Waals surface area contributed by atoms with Gasteiger partial charge in [-0.3, -0.25) is 9.10 Å². The smallest absolute Gasteiger partial charge is 0.264 e. The second kappa shape index (κ2) is 10.6. The summed E-state index contributed by atoms with van der Waals surface area (Å²) in [5, 5.41) is 5.03. The number of amides is 1. The van der Waals surface area contributed by atoms with Crippen LogP contribution in [0.1, 0.15) is 13.8 Å². The van der Waals surface area contributed by atoms with Crippen LogP contribution in [0.25, 0.3) is 21.8 Å². The molecule has 194 valence electrons. The molecule has 0 bridgehead atoms. The van der Waals surface area contributed by atoms with Crippen LogP contribution in [-0.2, 0) is 21.4 Å². The summed E-state index contributed by atoms with van der Waals surface area (Å²) in [6.07, 6.45) is 0. The summed E-state index contributed by atoms with van der Waals surface area (Å²) in [5.74, 6) is 0.136. The zero-order valence-electron chi connectivity index (χ0n) is 21.3. The Kier molecular flexibility index (Phi) is 7.07. The summed E-state index contributed by atoms with van der Waals surface area (Å²) in [6.45, 7) is 4.89. The Morgan fingerprint density at radius 1 is 0.842 bits per heavy atom. The van der Waals surface area contributed by atoms with E-state index in [4.69, 9.17) is 4.74 Å². The van der Waals surface area contributed by atoms with Crippen molar-refractivity contribution in [1.82, 2.24) is 4.57 Å². The number of para-hydroxylation sites is 2. The van der Waals surface area contributed by atoms with Crippen molar-refractivity contribution in [1.29, 1.82) is 0 Å². The molecule has 5 rings (SSSR count). The maximum absolute atomic E-state index is 13.6. The molecule has 0 aliphatic rings. The number of nitrogens with zero attached hydrogens (tertiary/aromatic N) is 2. The summed E-state index contributed by atoms with van der Waals surface area (Å²) in [5.41, 5.74) is 3.21. The molecule has 0 aliphatic heterocycles. The van der Waals surface area contributed by atoms with Gasteiger partial charge in [0.2, 0.25) is 5.91 Å². The monoisotopic (exact) mass is 527 g/mol. The van der Waals surface area contributed by atoms with Crippen molar-refractivity contribution in [2.45, 2.75) is 25.3 Å². The van der Waals surface area contributed by atoms with Gasteiger partial charge in [-0.25, -0.2) is 8.42 Å². The number of nitrogens with one attached hydrogen (secondary N) is 1. The Bertz CT molecular complexity index is 1690. The van der Waals surface area contributed by atoms with Crippen LogP contribution in [0.4, 0.5) is 11.4 Å². The third-order valence-electron chi connectivity index (χ3n) is 6.43. The average Bonchev–Trinajstić information content (AvgIpc) is 3.25. The second-order valence-electron chi connectivity index (χ2n) is 8.79. The zero-order chi connectivity index (χ0) is 26.7. The summed E-state index contributed by atoms with van der Waals surface area (Å²) in [4.78, 5) is 13.3. The molecule has 1 aromatic heterocycles. The van der Waals surface area contributed by atoms with Crippen molar-refractivity contribution in [2.75, 3.05) is 22.8 Å². The van der Waals surface area contributed by atoms with Crippen molar-refractivity contribution in [3.05, 3.63) is 97.1 Å². The number of rotatable bonds is 9. The predicted octanol–water partition coefficient (Wildman–Crippen LogP) is 6.05. The molecular formula is C30H29N3O4S. The van der Waals surface area contributed by atoms with Crippen molar-refractivity contribution in [2.24, 2.45) is 0 Å². The number of anilines is 2. The maximum Gasteiger partial charge on any atom is 0.264 e.